The Morgan fingerprint density at radius 3 is 2.86 bits per heavy atom. The lowest BCUT2D eigenvalue weighted by atomic mass is 10.3. The lowest BCUT2D eigenvalue weighted by molar-refractivity contribution is 0.104. The van der Waals surface area contributed by atoms with E-state index >= 15 is 0 Å². The molecule has 0 spiro atoms. The molecule has 0 amide bonds. The summed E-state index contributed by atoms with van der Waals surface area (Å²) in [4.78, 5) is 18.0. The molecule has 0 atom stereocenters. The smallest absolute Gasteiger partial charge is 0.198 e. The Balaban J connectivity index is 2.70. The second kappa shape index (κ2) is 4.76. The molecule has 1 N–H and O–H groups in total. The van der Waals surface area contributed by atoms with Gasteiger partial charge in [-0.1, -0.05) is 11.3 Å². The van der Waals surface area contributed by atoms with E-state index in [1.54, 1.807) is 19.4 Å². The van der Waals surface area contributed by atoms with Gasteiger partial charge in [-0.3, -0.25) is 4.79 Å². The van der Waals surface area contributed by atoms with Gasteiger partial charge in [-0.05, 0) is 0 Å². The molecule has 0 unspecified atom stereocenters. The van der Waals surface area contributed by atoms with Gasteiger partial charge in [0.2, 0.25) is 0 Å². The number of ketones is 1. The molecule has 1 aromatic heterocycles. The van der Waals surface area contributed by atoms with E-state index in [0.717, 1.165) is 5.13 Å². The molecule has 1 aromatic rings. The molecule has 0 aliphatic carbocycles. The quantitative estimate of drug-likeness (QED) is 0.604. The summed E-state index contributed by atoms with van der Waals surface area (Å²) in [6.07, 6.45) is 4.84. The number of nitrogens with one attached hydrogen (secondary N) is 1. The fourth-order valence-electron chi connectivity index (χ4n) is 0.803. The molecule has 5 heteroatoms. The van der Waals surface area contributed by atoms with Crippen LogP contribution < -0.4 is 5.32 Å². The van der Waals surface area contributed by atoms with Gasteiger partial charge in [-0.15, -0.1) is 0 Å². The van der Waals surface area contributed by atoms with Crippen molar-refractivity contribution < 1.29 is 4.79 Å². The Bertz CT molecular complexity index is 344. The SMILES string of the molecule is CNc1ncc(C(=O)/C=C/N(C)C)s1. The van der Waals surface area contributed by atoms with E-state index in [4.69, 9.17) is 0 Å². The summed E-state index contributed by atoms with van der Waals surface area (Å²) in [6.45, 7) is 0. The summed E-state index contributed by atoms with van der Waals surface area (Å²) in [5.74, 6) is -0.0160. The summed E-state index contributed by atoms with van der Waals surface area (Å²) in [7, 11) is 5.52. The van der Waals surface area contributed by atoms with Gasteiger partial charge in [-0.25, -0.2) is 4.98 Å². The highest BCUT2D eigenvalue weighted by Crippen LogP contribution is 2.17. The van der Waals surface area contributed by atoms with Gasteiger partial charge in [0, 0.05) is 33.4 Å². The molecule has 14 heavy (non-hydrogen) atoms. The lowest BCUT2D eigenvalue weighted by Crippen LogP contribution is -2.02. The van der Waals surface area contributed by atoms with Crippen molar-refractivity contribution in [2.45, 2.75) is 0 Å². The van der Waals surface area contributed by atoms with E-state index < -0.39 is 0 Å². The van der Waals surface area contributed by atoms with E-state index in [1.807, 2.05) is 19.0 Å². The van der Waals surface area contributed by atoms with Crippen LogP contribution in [-0.2, 0) is 0 Å². The van der Waals surface area contributed by atoms with Crippen LogP contribution in [0.3, 0.4) is 0 Å². The van der Waals surface area contributed by atoms with Crippen LogP contribution in [0.4, 0.5) is 5.13 Å². The van der Waals surface area contributed by atoms with Crippen LogP contribution in [0.5, 0.6) is 0 Å². The molecule has 1 heterocycles. The molecule has 0 radical (unpaired) electrons. The minimum atomic E-state index is -0.0160. The molecule has 0 aliphatic heterocycles. The minimum absolute atomic E-state index is 0.0160. The zero-order valence-corrected chi connectivity index (χ0v) is 9.26. The van der Waals surface area contributed by atoms with Gasteiger partial charge >= 0.3 is 0 Å². The van der Waals surface area contributed by atoms with Crippen LogP contribution in [-0.4, -0.2) is 36.8 Å². The first-order valence-corrected chi connectivity index (χ1v) is 4.97. The first-order valence-electron chi connectivity index (χ1n) is 4.16. The number of carbonyl (C=O) groups is 1. The Labute approximate surface area is 87.3 Å². The number of allylic oxidation sites excluding steroid dienone is 1. The van der Waals surface area contributed by atoms with Gasteiger partial charge in [0.15, 0.2) is 10.9 Å². The molecule has 0 bridgehead atoms. The number of anilines is 1. The van der Waals surface area contributed by atoms with Crippen molar-refractivity contribution in [3.05, 3.63) is 23.3 Å². The average molecular weight is 211 g/mol. The number of thiazole rings is 1. The monoisotopic (exact) mass is 211 g/mol. The maximum absolute atomic E-state index is 11.5. The highest BCUT2D eigenvalue weighted by atomic mass is 32.1. The molecule has 0 saturated carbocycles. The Morgan fingerprint density at radius 1 is 1.64 bits per heavy atom. The third kappa shape index (κ3) is 2.85. The lowest BCUT2D eigenvalue weighted by Gasteiger charge is -2.01. The summed E-state index contributed by atoms with van der Waals surface area (Å²) in [5.41, 5.74) is 0. The fourth-order valence-corrected chi connectivity index (χ4v) is 1.49. The molecule has 0 aliphatic rings. The molecule has 76 valence electrons. The largest absolute Gasteiger partial charge is 0.383 e. The third-order valence-electron chi connectivity index (χ3n) is 1.49. The van der Waals surface area contributed by atoms with E-state index in [0.29, 0.717) is 4.88 Å². The molecule has 0 fully saturated rings. The van der Waals surface area contributed by atoms with Crippen LogP contribution in [0.15, 0.2) is 18.5 Å². The topological polar surface area (TPSA) is 45.2 Å². The van der Waals surface area contributed by atoms with E-state index in [-0.39, 0.29) is 5.78 Å². The van der Waals surface area contributed by atoms with Gasteiger partial charge in [0.25, 0.3) is 0 Å². The van der Waals surface area contributed by atoms with E-state index in [2.05, 4.69) is 10.3 Å². The van der Waals surface area contributed by atoms with Crippen molar-refractivity contribution >= 4 is 22.3 Å². The number of nitrogens with zero attached hydrogens (tertiary/aromatic N) is 2. The predicted octanol–water partition coefficient (Wildman–Crippen LogP) is 1.44. The molecule has 0 saturated heterocycles. The predicted molar refractivity (Wildman–Crippen MR) is 58.8 cm³/mol. The maximum Gasteiger partial charge on any atom is 0.198 e. The summed E-state index contributed by atoms with van der Waals surface area (Å²) in [6, 6.07) is 0. The van der Waals surface area contributed by atoms with Crippen molar-refractivity contribution in [2.24, 2.45) is 0 Å². The van der Waals surface area contributed by atoms with Crippen LogP contribution in [0.1, 0.15) is 9.67 Å². The van der Waals surface area contributed by atoms with Crippen LogP contribution in [0, 0.1) is 0 Å². The highest BCUT2D eigenvalue weighted by Gasteiger charge is 2.06. The molecular formula is C9H13N3OS. The van der Waals surface area contributed by atoms with Crippen molar-refractivity contribution in [3.63, 3.8) is 0 Å². The van der Waals surface area contributed by atoms with Gasteiger partial charge in [0.1, 0.15) is 0 Å². The normalized spacial score (nSPS) is 10.5. The zero-order chi connectivity index (χ0) is 10.6. The number of rotatable bonds is 4. The number of carbonyl (C=O) groups excluding carboxylic acids is 1. The van der Waals surface area contributed by atoms with Crippen molar-refractivity contribution in [2.75, 3.05) is 26.5 Å². The van der Waals surface area contributed by atoms with Crippen LogP contribution >= 0.6 is 11.3 Å². The van der Waals surface area contributed by atoms with Crippen molar-refractivity contribution in [1.29, 1.82) is 0 Å². The first kappa shape index (κ1) is 10.7. The Kier molecular flexibility index (Phi) is 3.64. The summed E-state index contributed by atoms with van der Waals surface area (Å²) < 4.78 is 0. The Morgan fingerprint density at radius 2 is 2.36 bits per heavy atom. The zero-order valence-electron chi connectivity index (χ0n) is 8.44. The van der Waals surface area contributed by atoms with Crippen molar-refractivity contribution in [1.82, 2.24) is 9.88 Å². The van der Waals surface area contributed by atoms with Crippen LogP contribution in [0.25, 0.3) is 0 Å². The third-order valence-corrected chi connectivity index (χ3v) is 2.52. The molecular weight excluding hydrogens is 198 g/mol. The van der Waals surface area contributed by atoms with Crippen molar-refractivity contribution in [3.8, 4) is 0 Å². The number of aromatic nitrogens is 1. The van der Waals surface area contributed by atoms with Gasteiger partial charge in [0.05, 0.1) is 11.1 Å². The second-order valence-electron chi connectivity index (χ2n) is 2.92. The summed E-state index contributed by atoms with van der Waals surface area (Å²) in [5, 5.41) is 3.64. The van der Waals surface area contributed by atoms with E-state index in [1.165, 1.54) is 17.4 Å². The number of hydrogen-bond donors (Lipinski definition) is 1. The van der Waals surface area contributed by atoms with Gasteiger partial charge < -0.3 is 10.2 Å². The average Bonchev–Trinajstić information content (AvgIpc) is 2.62. The van der Waals surface area contributed by atoms with Gasteiger partial charge in [-0.2, -0.15) is 0 Å². The first-order chi connectivity index (χ1) is 6.63. The van der Waals surface area contributed by atoms with Crippen LogP contribution in [0.2, 0.25) is 0 Å². The number of hydrogen-bond acceptors (Lipinski definition) is 5. The standard InChI is InChI=1S/C9H13N3OS/c1-10-9-11-6-8(14-9)7(13)4-5-12(2)3/h4-6H,1-3H3,(H,10,11)/b5-4+. The second-order valence-corrected chi connectivity index (χ2v) is 3.95. The molecule has 0 aromatic carbocycles. The summed E-state index contributed by atoms with van der Waals surface area (Å²) >= 11 is 1.35. The fraction of sp³-hybridized carbons (Fsp3) is 0.333. The molecule has 4 nitrogen and oxygen atoms in total. The molecule has 1 rings (SSSR count). The minimum Gasteiger partial charge on any atom is -0.383 e. The Hall–Kier alpha value is -1.36. The highest BCUT2D eigenvalue weighted by molar-refractivity contribution is 7.17. The maximum atomic E-state index is 11.5. The van der Waals surface area contributed by atoms with E-state index in [9.17, 15) is 4.79 Å².